The summed E-state index contributed by atoms with van der Waals surface area (Å²) in [5.74, 6) is -0.0370. The van der Waals surface area contributed by atoms with Gasteiger partial charge in [-0.1, -0.05) is 48.5 Å². The lowest BCUT2D eigenvalue weighted by Crippen LogP contribution is -2.15. The molecule has 0 heterocycles. The summed E-state index contributed by atoms with van der Waals surface area (Å²) in [4.78, 5) is 12.3. The van der Waals surface area contributed by atoms with Gasteiger partial charge in [0.1, 0.15) is 0 Å². The topological polar surface area (TPSA) is 55.1 Å². The largest absolute Gasteiger partial charge is 0.398 e. The molecular formula is C19H18N2O. The maximum absolute atomic E-state index is 12.3. The summed E-state index contributed by atoms with van der Waals surface area (Å²) < 4.78 is 0. The van der Waals surface area contributed by atoms with Crippen molar-refractivity contribution in [2.75, 3.05) is 11.1 Å². The first-order chi connectivity index (χ1) is 10.6. The molecular weight excluding hydrogens is 272 g/mol. The number of carbonyl (C=O) groups excluding carboxylic acids is 1. The number of amides is 1. The van der Waals surface area contributed by atoms with Crippen LogP contribution in [0.2, 0.25) is 0 Å². The number of benzene rings is 3. The second-order valence-electron chi connectivity index (χ2n) is 5.38. The molecule has 0 spiro atoms. The Balaban J connectivity index is 1.83. The molecule has 1 amide bonds. The Morgan fingerprint density at radius 3 is 2.59 bits per heavy atom. The van der Waals surface area contributed by atoms with E-state index in [0.29, 0.717) is 12.1 Å². The van der Waals surface area contributed by atoms with Crippen LogP contribution in [-0.4, -0.2) is 5.91 Å². The van der Waals surface area contributed by atoms with Gasteiger partial charge in [-0.05, 0) is 41.0 Å². The van der Waals surface area contributed by atoms with E-state index in [-0.39, 0.29) is 5.91 Å². The molecule has 3 nitrogen and oxygen atoms in total. The van der Waals surface area contributed by atoms with Gasteiger partial charge in [-0.2, -0.15) is 0 Å². The van der Waals surface area contributed by atoms with Gasteiger partial charge in [0.05, 0.1) is 6.42 Å². The Bertz CT molecular complexity index is 834. The summed E-state index contributed by atoms with van der Waals surface area (Å²) in [5.41, 5.74) is 9.25. The minimum atomic E-state index is -0.0370. The molecule has 0 aliphatic heterocycles. The smallest absolute Gasteiger partial charge is 0.228 e. The van der Waals surface area contributed by atoms with Crippen molar-refractivity contribution >= 4 is 28.1 Å². The van der Waals surface area contributed by atoms with E-state index < -0.39 is 0 Å². The highest BCUT2D eigenvalue weighted by atomic mass is 16.1. The van der Waals surface area contributed by atoms with Gasteiger partial charge in [0, 0.05) is 11.4 Å². The average Bonchev–Trinajstić information content (AvgIpc) is 2.52. The van der Waals surface area contributed by atoms with Gasteiger partial charge in [-0.3, -0.25) is 4.79 Å². The molecule has 0 aliphatic carbocycles. The number of nitrogen functional groups attached to an aromatic ring is 1. The molecule has 0 aliphatic rings. The zero-order valence-electron chi connectivity index (χ0n) is 12.5. The fourth-order valence-electron chi connectivity index (χ4n) is 2.60. The zero-order valence-corrected chi connectivity index (χ0v) is 12.5. The van der Waals surface area contributed by atoms with Crippen molar-refractivity contribution < 1.29 is 4.79 Å². The second kappa shape index (κ2) is 5.90. The van der Waals surface area contributed by atoms with Crippen molar-refractivity contribution in [3.05, 3.63) is 71.8 Å². The molecule has 0 saturated carbocycles. The van der Waals surface area contributed by atoms with Gasteiger partial charge < -0.3 is 11.1 Å². The van der Waals surface area contributed by atoms with Crippen LogP contribution in [0, 0.1) is 6.92 Å². The van der Waals surface area contributed by atoms with Gasteiger partial charge >= 0.3 is 0 Å². The van der Waals surface area contributed by atoms with Crippen LogP contribution in [-0.2, 0) is 11.2 Å². The van der Waals surface area contributed by atoms with Gasteiger partial charge in [-0.25, -0.2) is 0 Å². The monoisotopic (exact) mass is 290 g/mol. The molecule has 0 fully saturated rings. The van der Waals surface area contributed by atoms with E-state index in [0.717, 1.165) is 27.6 Å². The lowest BCUT2D eigenvalue weighted by Gasteiger charge is -2.11. The highest BCUT2D eigenvalue weighted by Gasteiger charge is 2.09. The molecule has 110 valence electrons. The maximum atomic E-state index is 12.3. The van der Waals surface area contributed by atoms with Crippen molar-refractivity contribution in [1.29, 1.82) is 0 Å². The van der Waals surface area contributed by atoms with Crippen LogP contribution in [0.15, 0.2) is 60.7 Å². The van der Waals surface area contributed by atoms with Crippen molar-refractivity contribution in [3.63, 3.8) is 0 Å². The van der Waals surface area contributed by atoms with Crippen LogP contribution >= 0.6 is 0 Å². The number of nitrogens with one attached hydrogen (secondary N) is 1. The lowest BCUT2D eigenvalue weighted by molar-refractivity contribution is -0.115. The van der Waals surface area contributed by atoms with Crippen LogP contribution in [0.25, 0.3) is 10.8 Å². The number of hydrogen-bond donors (Lipinski definition) is 2. The van der Waals surface area contributed by atoms with E-state index in [4.69, 9.17) is 5.73 Å². The third-order valence-electron chi connectivity index (χ3n) is 3.88. The predicted octanol–water partition coefficient (Wildman–Crippen LogP) is 3.91. The second-order valence-corrected chi connectivity index (χ2v) is 5.38. The molecule has 3 aromatic rings. The Hall–Kier alpha value is -2.81. The molecule has 3 heteroatoms. The lowest BCUT2D eigenvalue weighted by atomic mass is 10.0. The van der Waals surface area contributed by atoms with Crippen molar-refractivity contribution in [1.82, 2.24) is 0 Å². The van der Waals surface area contributed by atoms with Gasteiger partial charge in [0.15, 0.2) is 0 Å². The highest BCUT2D eigenvalue weighted by molar-refractivity contribution is 5.97. The summed E-state index contributed by atoms with van der Waals surface area (Å²) in [6.45, 7) is 1.91. The Morgan fingerprint density at radius 1 is 1.00 bits per heavy atom. The summed E-state index contributed by atoms with van der Waals surface area (Å²) >= 11 is 0. The van der Waals surface area contributed by atoms with Gasteiger partial charge in [0.2, 0.25) is 5.91 Å². The standard InChI is InChI=1S/C19H18N2O/c1-13-17(20)10-5-11-18(13)21-19(22)12-15-8-4-7-14-6-2-3-9-16(14)15/h2-11H,12,20H2,1H3,(H,21,22). The van der Waals surface area contributed by atoms with E-state index in [9.17, 15) is 4.79 Å². The molecule has 3 N–H and O–H groups in total. The Morgan fingerprint density at radius 2 is 1.73 bits per heavy atom. The minimum absolute atomic E-state index is 0.0370. The van der Waals surface area contributed by atoms with Crippen LogP contribution in [0.5, 0.6) is 0 Å². The van der Waals surface area contributed by atoms with Crippen LogP contribution in [0.3, 0.4) is 0 Å². The molecule has 3 aromatic carbocycles. The average molecular weight is 290 g/mol. The number of rotatable bonds is 3. The minimum Gasteiger partial charge on any atom is -0.398 e. The molecule has 22 heavy (non-hydrogen) atoms. The van der Waals surface area contributed by atoms with Gasteiger partial charge in [-0.15, -0.1) is 0 Å². The Kier molecular flexibility index (Phi) is 3.79. The predicted molar refractivity (Wildman–Crippen MR) is 91.9 cm³/mol. The van der Waals surface area contributed by atoms with E-state index in [1.165, 1.54) is 0 Å². The fraction of sp³-hybridized carbons (Fsp3) is 0.105. The molecule has 0 unspecified atom stereocenters. The molecule has 0 radical (unpaired) electrons. The van der Waals surface area contributed by atoms with Crippen LogP contribution in [0.1, 0.15) is 11.1 Å². The van der Waals surface area contributed by atoms with Crippen molar-refractivity contribution in [2.45, 2.75) is 13.3 Å². The quantitative estimate of drug-likeness (QED) is 0.718. The fourth-order valence-corrected chi connectivity index (χ4v) is 2.60. The third kappa shape index (κ3) is 2.79. The molecule has 3 rings (SSSR count). The first-order valence-electron chi connectivity index (χ1n) is 7.27. The number of carbonyl (C=O) groups is 1. The maximum Gasteiger partial charge on any atom is 0.228 e. The number of nitrogens with two attached hydrogens (primary N) is 1. The third-order valence-corrected chi connectivity index (χ3v) is 3.88. The number of fused-ring (bicyclic) bond motifs is 1. The van der Waals surface area contributed by atoms with E-state index in [1.54, 1.807) is 0 Å². The van der Waals surface area contributed by atoms with E-state index >= 15 is 0 Å². The number of anilines is 2. The molecule has 0 saturated heterocycles. The summed E-state index contributed by atoms with van der Waals surface area (Å²) in [6.07, 6.45) is 0.343. The SMILES string of the molecule is Cc1c(N)cccc1NC(=O)Cc1cccc2ccccc12. The first kappa shape index (κ1) is 14.1. The van der Waals surface area contributed by atoms with Crippen LogP contribution in [0.4, 0.5) is 11.4 Å². The first-order valence-corrected chi connectivity index (χ1v) is 7.27. The highest BCUT2D eigenvalue weighted by Crippen LogP contribution is 2.22. The molecule has 0 bridgehead atoms. The number of hydrogen-bond acceptors (Lipinski definition) is 2. The van der Waals surface area contributed by atoms with Crippen molar-refractivity contribution in [2.24, 2.45) is 0 Å². The van der Waals surface area contributed by atoms with E-state index in [2.05, 4.69) is 17.4 Å². The normalized spacial score (nSPS) is 10.6. The Labute approximate surface area is 129 Å². The zero-order chi connectivity index (χ0) is 15.5. The summed E-state index contributed by atoms with van der Waals surface area (Å²) in [5, 5.41) is 5.21. The summed E-state index contributed by atoms with van der Waals surface area (Å²) in [7, 11) is 0. The van der Waals surface area contributed by atoms with Crippen molar-refractivity contribution in [3.8, 4) is 0 Å². The van der Waals surface area contributed by atoms with E-state index in [1.807, 2.05) is 55.5 Å². The summed E-state index contributed by atoms with van der Waals surface area (Å²) in [6, 6.07) is 19.7. The van der Waals surface area contributed by atoms with Gasteiger partial charge in [0.25, 0.3) is 0 Å². The molecule has 0 atom stereocenters. The van der Waals surface area contributed by atoms with Crippen LogP contribution < -0.4 is 11.1 Å². The molecule has 0 aromatic heterocycles.